The summed E-state index contributed by atoms with van der Waals surface area (Å²) in [5, 5.41) is 11.0. The van der Waals surface area contributed by atoms with Gasteiger partial charge in [0.2, 0.25) is 5.89 Å². The van der Waals surface area contributed by atoms with Crippen LogP contribution in [0.15, 0.2) is 15.6 Å². The zero-order valence-electron chi connectivity index (χ0n) is 15.7. The summed E-state index contributed by atoms with van der Waals surface area (Å²) in [6, 6.07) is 0. The monoisotopic (exact) mass is 332 g/mol. The van der Waals surface area contributed by atoms with Crippen molar-refractivity contribution in [1.82, 2.24) is 25.4 Å². The lowest BCUT2D eigenvalue weighted by molar-refractivity contribution is 0.379. The van der Waals surface area contributed by atoms with Gasteiger partial charge in [0.15, 0.2) is 5.96 Å². The second-order valence-corrected chi connectivity index (χ2v) is 6.92. The number of aryl methyl sites for hydroxylation is 2. The maximum absolute atomic E-state index is 5.78. The molecule has 2 heterocycles. The van der Waals surface area contributed by atoms with Crippen LogP contribution in [0.5, 0.6) is 0 Å². The summed E-state index contributed by atoms with van der Waals surface area (Å²) < 4.78 is 7.67. The van der Waals surface area contributed by atoms with Crippen molar-refractivity contribution in [3.05, 3.63) is 34.8 Å². The summed E-state index contributed by atoms with van der Waals surface area (Å²) in [7, 11) is 3.70. The van der Waals surface area contributed by atoms with Gasteiger partial charge in [-0.1, -0.05) is 20.8 Å². The quantitative estimate of drug-likeness (QED) is 0.663. The number of rotatable bonds is 4. The third kappa shape index (κ3) is 4.15. The van der Waals surface area contributed by atoms with Gasteiger partial charge in [-0.15, -0.1) is 0 Å². The molecule has 0 aliphatic rings. The van der Waals surface area contributed by atoms with E-state index in [1.807, 2.05) is 18.7 Å². The third-order valence-electron chi connectivity index (χ3n) is 4.01. The van der Waals surface area contributed by atoms with Crippen LogP contribution >= 0.6 is 0 Å². The van der Waals surface area contributed by atoms with Crippen LogP contribution in [0.3, 0.4) is 0 Å². The summed E-state index contributed by atoms with van der Waals surface area (Å²) in [6.07, 6.45) is 1.79. The first-order valence-corrected chi connectivity index (χ1v) is 8.11. The molecule has 0 unspecified atom stereocenters. The van der Waals surface area contributed by atoms with E-state index in [1.165, 1.54) is 5.56 Å². The molecule has 0 fully saturated rings. The number of hydrogen-bond acceptors (Lipinski definition) is 4. The van der Waals surface area contributed by atoms with E-state index in [4.69, 9.17) is 4.42 Å². The Morgan fingerprint density at radius 1 is 1.25 bits per heavy atom. The molecule has 0 atom stereocenters. The molecule has 2 rings (SSSR count). The second kappa shape index (κ2) is 7.07. The Morgan fingerprint density at radius 3 is 2.42 bits per heavy atom. The van der Waals surface area contributed by atoms with Crippen LogP contribution in [0.4, 0.5) is 0 Å². The molecule has 7 heteroatoms. The van der Waals surface area contributed by atoms with Crippen LogP contribution in [0.1, 0.15) is 49.4 Å². The smallest absolute Gasteiger partial charge is 0.213 e. The van der Waals surface area contributed by atoms with Crippen molar-refractivity contribution in [1.29, 1.82) is 0 Å². The van der Waals surface area contributed by atoms with Crippen molar-refractivity contribution in [3.8, 4) is 0 Å². The van der Waals surface area contributed by atoms with Crippen molar-refractivity contribution in [3.63, 3.8) is 0 Å². The van der Waals surface area contributed by atoms with Crippen molar-refractivity contribution >= 4 is 5.96 Å². The molecule has 0 spiro atoms. The summed E-state index contributed by atoms with van der Waals surface area (Å²) in [6.45, 7) is 11.5. The molecule has 0 bridgehead atoms. The molecule has 7 nitrogen and oxygen atoms in total. The van der Waals surface area contributed by atoms with Crippen LogP contribution in [-0.4, -0.2) is 27.8 Å². The topological polar surface area (TPSA) is 80.3 Å². The number of aliphatic imine (C=N–C) groups is 1. The highest BCUT2D eigenvalue weighted by Gasteiger charge is 2.19. The molecule has 0 saturated heterocycles. The molecule has 0 amide bonds. The van der Waals surface area contributed by atoms with Crippen LogP contribution in [0.2, 0.25) is 0 Å². The van der Waals surface area contributed by atoms with Crippen LogP contribution in [0, 0.1) is 13.8 Å². The van der Waals surface area contributed by atoms with Gasteiger partial charge in [0.1, 0.15) is 5.76 Å². The summed E-state index contributed by atoms with van der Waals surface area (Å²) >= 11 is 0. The van der Waals surface area contributed by atoms with E-state index in [2.05, 4.69) is 53.4 Å². The first kappa shape index (κ1) is 18.0. The zero-order valence-corrected chi connectivity index (χ0v) is 15.7. The van der Waals surface area contributed by atoms with Gasteiger partial charge in [0.05, 0.1) is 18.4 Å². The standard InChI is InChI=1S/C17H28N6O/c1-11-13(12(2)23(7)22-11)8-20-16(18-6)21-10-15-19-9-14(24-15)17(3,4)5/h9H,8,10H2,1-7H3,(H2,18,20,21). The van der Waals surface area contributed by atoms with Gasteiger partial charge in [-0.05, 0) is 13.8 Å². The highest BCUT2D eigenvalue weighted by molar-refractivity contribution is 5.79. The van der Waals surface area contributed by atoms with Gasteiger partial charge in [0.25, 0.3) is 0 Å². The summed E-state index contributed by atoms with van der Waals surface area (Å²) in [5.74, 6) is 2.23. The number of oxazole rings is 1. The average molecular weight is 332 g/mol. The van der Waals surface area contributed by atoms with E-state index >= 15 is 0 Å². The molecule has 24 heavy (non-hydrogen) atoms. The summed E-state index contributed by atoms with van der Waals surface area (Å²) in [5.41, 5.74) is 3.32. The molecule has 132 valence electrons. The van der Waals surface area contributed by atoms with E-state index in [1.54, 1.807) is 13.2 Å². The minimum absolute atomic E-state index is 0.0411. The maximum atomic E-state index is 5.78. The number of hydrogen-bond donors (Lipinski definition) is 2. The van der Waals surface area contributed by atoms with E-state index in [-0.39, 0.29) is 5.41 Å². The predicted octanol–water partition coefficient (Wildman–Crippen LogP) is 2.19. The first-order valence-electron chi connectivity index (χ1n) is 8.11. The third-order valence-corrected chi connectivity index (χ3v) is 4.01. The molecular formula is C17H28N6O. The zero-order chi connectivity index (χ0) is 17.9. The number of guanidine groups is 1. The fraction of sp³-hybridized carbons (Fsp3) is 0.588. The largest absolute Gasteiger partial charge is 0.443 e. The lowest BCUT2D eigenvalue weighted by atomic mass is 9.94. The van der Waals surface area contributed by atoms with E-state index in [9.17, 15) is 0 Å². The van der Waals surface area contributed by atoms with Crippen LogP contribution in [0.25, 0.3) is 0 Å². The van der Waals surface area contributed by atoms with Crippen molar-refractivity contribution in [2.75, 3.05) is 7.05 Å². The highest BCUT2D eigenvalue weighted by Crippen LogP contribution is 2.22. The van der Waals surface area contributed by atoms with E-state index in [0.29, 0.717) is 24.9 Å². The van der Waals surface area contributed by atoms with Gasteiger partial charge in [-0.25, -0.2) is 4.98 Å². The van der Waals surface area contributed by atoms with Crippen molar-refractivity contribution in [2.45, 2.75) is 53.1 Å². The van der Waals surface area contributed by atoms with Crippen LogP contribution < -0.4 is 10.6 Å². The molecular weight excluding hydrogens is 304 g/mol. The lowest BCUT2D eigenvalue weighted by Gasteiger charge is -2.13. The summed E-state index contributed by atoms with van der Waals surface area (Å²) in [4.78, 5) is 8.55. The maximum Gasteiger partial charge on any atom is 0.213 e. The Kier molecular flexibility index (Phi) is 5.31. The first-order chi connectivity index (χ1) is 11.2. The van der Waals surface area contributed by atoms with Crippen molar-refractivity contribution < 1.29 is 4.42 Å². The molecule has 0 radical (unpaired) electrons. The number of nitrogens with one attached hydrogen (secondary N) is 2. The predicted molar refractivity (Wildman–Crippen MR) is 94.9 cm³/mol. The second-order valence-electron chi connectivity index (χ2n) is 6.92. The van der Waals surface area contributed by atoms with Gasteiger partial charge in [0, 0.05) is 37.3 Å². The molecule has 0 saturated carbocycles. The normalized spacial score (nSPS) is 12.5. The Hall–Kier alpha value is -2.31. The fourth-order valence-electron chi connectivity index (χ4n) is 2.36. The van der Waals surface area contributed by atoms with Gasteiger partial charge in [-0.3, -0.25) is 9.67 Å². The Bertz CT molecular complexity index is 720. The van der Waals surface area contributed by atoms with Gasteiger partial charge >= 0.3 is 0 Å². The average Bonchev–Trinajstić information content (AvgIpc) is 3.07. The minimum Gasteiger partial charge on any atom is -0.443 e. The van der Waals surface area contributed by atoms with E-state index in [0.717, 1.165) is 17.1 Å². The molecule has 0 aromatic carbocycles. The Balaban J connectivity index is 1.92. The molecule has 2 aromatic rings. The van der Waals surface area contributed by atoms with Gasteiger partial charge in [-0.2, -0.15) is 5.10 Å². The molecule has 0 aliphatic heterocycles. The van der Waals surface area contributed by atoms with Crippen molar-refractivity contribution in [2.24, 2.45) is 12.0 Å². The number of aromatic nitrogens is 3. The van der Waals surface area contributed by atoms with Crippen LogP contribution in [-0.2, 0) is 25.6 Å². The fourth-order valence-corrected chi connectivity index (χ4v) is 2.36. The number of nitrogens with zero attached hydrogens (tertiary/aromatic N) is 4. The molecule has 2 N–H and O–H groups in total. The Morgan fingerprint density at radius 2 is 1.92 bits per heavy atom. The lowest BCUT2D eigenvalue weighted by Crippen LogP contribution is -2.36. The molecule has 2 aromatic heterocycles. The highest BCUT2D eigenvalue weighted by atomic mass is 16.4. The minimum atomic E-state index is -0.0411. The Labute approximate surface area is 143 Å². The SMILES string of the molecule is CN=C(NCc1ncc(C(C)(C)C)o1)NCc1c(C)nn(C)c1C. The van der Waals surface area contributed by atoms with Gasteiger partial charge < -0.3 is 15.1 Å². The molecule has 0 aliphatic carbocycles. The van der Waals surface area contributed by atoms with E-state index < -0.39 is 0 Å².